The minimum absolute atomic E-state index is 0. The smallest absolute Gasteiger partial charge is 0.342 e. The predicted molar refractivity (Wildman–Crippen MR) is 92.2 cm³/mol. The van der Waals surface area contributed by atoms with Crippen LogP contribution >= 0.6 is 12.4 Å². The van der Waals surface area contributed by atoms with Gasteiger partial charge in [0.05, 0.1) is 11.4 Å². The zero-order valence-corrected chi connectivity index (χ0v) is 13.5. The third-order valence-electron chi connectivity index (χ3n) is 3.24. The van der Waals surface area contributed by atoms with Crippen molar-refractivity contribution in [2.24, 2.45) is 4.40 Å². The fourth-order valence-electron chi connectivity index (χ4n) is 2.23. The molecular weight excluding hydrogens is 322 g/mol. The van der Waals surface area contributed by atoms with Gasteiger partial charge in [-0.2, -0.15) is 8.42 Å². The largest absolute Gasteiger partial charge is 0.381 e. The first-order chi connectivity index (χ1) is 10.0. The third-order valence-corrected chi connectivity index (χ3v) is 4.24. The standard InChI is InChI=1S/C15H15N3O2S.ClH/c1-11-14-9-13(16-10-12-5-3-2-4-6-12)7-8-15(14)18-21(19,20)17-11;/h2-9,16,18H,10H2,1H3;1H. The van der Waals surface area contributed by atoms with Crippen molar-refractivity contribution in [2.75, 3.05) is 10.0 Å². The summed E-state index contributed by atoms with van der Waals surface area (Å²) in [4.78, 5) is 0. The molecule has 0 spiro atoms. The van der Waals surface area contributed by atoms with Gasteiger partial charge in [-0.25, -0.2) is 0 Å². The molecule has 2 aromatic carbocycles. The maximum Gasteiger partial charge on any atom is 0.342 e. The van der Waals surface area contributed by atoms with E-state index in [1.165, 1.54) is 5.56 Å². The van der Waals surface area contributed by atoms with Crippen LogP contribution in [0.3, 0.4) is 0 Å². The first kappa shape index (κ1) is 16.3. The van der Waals surface area contributed by atoms with Crippen molar-refractivity contribution in [1.29, 1.82) is 0 Å². The van der Waals surface area contributed by atoms with Gasteiger partial charge in [0.25, 0.3) is 0 Å². The zero-order chi connectivity index (χ0) is 14.9. The summed E-state index contributed by atoms with van der Waals surface area (Å²) in [7, 11) is -3.60. The van der Waals surface area contributed by atoms with E-state index in [1.54, 1.807) is 13.0 Å². The van der Waals surface area contributed by atoms with Gasteiger partial charge in [-0.05, 0) is 30.7 Å². The Morgan fingerprint density at radius 3 is 2.59 bits per heavy atom. The highest BCUT2D eigenvalue weighted by Crippen LogP contribution is 2.26. The fourth-order valence-corrected chi connectivity index (χ4v) is 3.19. The van der Waals surface area contributed by atoms with Gasteiger partial charge in [-0.1, -0.05) is 30.3 Å². The SMILES string of the molecule is CC1=NS(=O)(=O)Nc2ccc(NCc3ccccc3)cc21.Cl. The summed E-state index contributed by atoms with van der Waals surface area (Å²) < 4.78 is 29.1. The zero-order valence-electron chi connectivity index (χ0n) is 11.9. The number of hydrogen-bond donors (Lipinski definition) is 2. The Kier molecular flexibility index (Phi) is 4.73. The van der Waals surface area contributed by atoms with E-state index in [0.29, 0.717) is 17.9 Å². The van der Waals surface area contributed by atoms with Crippen LogP contribution in [0.5, 0.6) is 0 Å². The van der Waals surface area contributed by atoms with E-state index in [-0.39, 0.29) is 12.4 Å². The summed E-state index contributed by atoms with van der Waals surface area (Å²) >= 11 is 0. The lowest BCUT2D eigenvalue weighted by Crippen LogP contribution is -2.19. The molecule has 0 bridgehead atoms. The Bertz CT molecular complexity index is 805. The summed E-state index contributed by atoms with van der Waals surface area (Å²) in [6, 6.07) is 15.6. The second-order valence-electron chi connectivity index (χ2n) is 4.85. The Labute approximate surface area is 136 Å². The second-order valence-corrected chi connectivity index (χ2v) is 6.19. The molecule has 0 unspecified atom stereocenters. The van der Waals surface area contributed by atoms with Crippen molar-refractivity contribution in [3.05, 3.63) is 59.7 Å². The fraction of sp³-hybridized carbons (Fsp3) is 0.133. The lowest BCUT2D eigenvalue weighted by atomic mass is 10.1. The quantitative estimate of drug-likeness (QED) is 0.903. The van der Waals surface area contributed by atoms with E-state index in [4.69, 9.17) is 0 Å². The minimum Gasteiger partial charge on any atom is -0.381 e. The van der Waals surface area contributed by atoms with Crippen LogP contribution in [0.2, 0.25) is 0 Å². The molecule has 7 heteroatoms. The molecule has 0 atom stereocenters. The monoisotopic (exact) mass is 337 g/mol. The Hall–Kier alpha value is -2.05. The number of fused-ring (bicyclic) bond motifs is 1. The summed E-state index contributed by atoms with van der Waals surface area (Å²) in [5.41, 5.74) is 3.96. The Morgan fingerprint density at radius 2 is 1.86 bits per heavy atom. The van der Waals surface area contributed by atoms with Gasteiger partial charge >= 0.3 is 10.2 Å². The van der Waals surface area contributed by atoms with E-state index < -0.39 is 10.2 Å². The molecule has 0 aliphatic carbocycles. The Balaban J connectivity index is 0.00000176. The van der Waals surface area contributed by atoms with Gasteiger partial charge in [0.1, 0.15) is 0 Å². The maximum absolute atomic E-state index is 11.5. The molecule has 116 valence electrons. The van der Waals surface area contributed by atoms with E-state index in [1.807, 2.05) is 42.5 Å². The van der Waals surface area contributed by atoms with Crippen molar-refractivity contribution in [3.63, 3.8) is 0 Å². The highest BCUT2D eigenvalue weighted by molar-refractivity contribution is 7.91. The molecule has 5 nitrogen and oxygen atoms in total. The van der Waals surface area contributed by atoms with Crippen LogP contribution in [0.4, 0.5) is 11.4 Å². The predicted octanol–water partition coefficient (Wildman–Crippen LogP) is 3.20. The molecule has 0 aromatic heterocycles. The molecule has 0 saturated carbocycles. The molecule has 0 amide bonds. The summed E-state index contributed by atoms with van der Waals surface area (Å²) in [6.07, 6.45) is 0. The molecule has 3 rings (SSSR count). The minimum atomic E-state index is -3.60. The van der Waals surface area contributed by atoms with E-state index in [2.05, 4.69) is 14.4 Å². The lowest BCUT2D eigenvalue weighted by molar-refractivity contribution is 0.602. The van der Waals surface area contributed by atoms with Crippen LogP contribution in [-0.4, -0.2) is 14.1 Å². The summed E-state index contributed by atoms with van der Waals surface area (Å²) in [6.45, 7) is 2.40. The van der Waals surface area contributed by atoms with E-state index in [9.17, 15) is 8.42 Å². The number of nitrogens with one attached hydrogen (secondary N) is 2. The molecule has 0 saturated heterocycles. The van der Waals surface area contributed by atoms with Crippen LogP contribution in [0.15, 0.2) is 52.9 Å². The number of halogens is 1. The maximum atomic E-state index is 11.5. The number of hydrogen-bond acceptors (Lipinski definition) is 3. The van der Waals surface area contributed by atoms with Crippen LogP contribution in [-0.2, 0) is 16.8 Å². The molecule has 0 fully saturated rings. The normalized spacial score (nSPS) is 14.9. The summed E-state index contributed by atoms with van der Waals surface area (Å²) in [5, 5.41) is 3.32. The van der Waals surface area contributed by atoms with Crippen LogP contribution in [0.25, 0.3) is 0 Å². The molecule has 1 aliphatic heterocycles. The van der Waals surface area contributed by atoms with Crippen molar-refractivity contribution in [3.8, 4) is 0 Å². The van der Waals surface area contributed by atoms with Gasteiger partial charge in [-0.3, -0.25) is 4.72 Å². The number of benzene rings is 2. The number of nitrogens with zero attached hydrogens (tertiary/aromatic N) is 1. The molecule has 1 heterocycles. The van der Waals surface area contributed by atoms with Crippen LogP contribution in [0, 0.1) is 0 Å². The average molecular weight is 338 g/mol. The third kappa shape index (κ3) is 3.58. The summed E-state index contributed by atoms with van der Waals surface area (Å²) in [5.74, 6) is 0. The highest BCUT2D eigenvalue weighted by Gasteiger charge is 2.20. The average Bonchev–Trinajstić information content (AvgIpc) is 2.45. The van der Waals surface area contributed by atoms with Crippen molar-refractivity contribution in [1.82, 2.24) is 0 Å². The van der Waals surface area contributed by atoms with Gasteiger partial charge in [0.15, 0.2) is 0 Å². The lowest BCUT2D eigenvalue weighted by Gasteiger charge is -2.17. The molecule has 1 aliphatic rings. The highest BCUT2D eigenvalue weighted by atomic mass is 35.5. The van der Waals surface area contributed by atoms with E-state index in [0.717, 1.165) is 11.3 Å². The topological polar surface area (TPSA) is 70.6 Å². The van der Waals surface area contributed by atoms with Crippen LogP contribution < -0.4 is 10.0 Å². The molecule has 2 N–H and O–H groups in total. The Morgan fingerprint density at radius 1 is 1.14 bits per heavy atom. The first-order valence-corrected chi connectivity index (χ1v) is 7.99. The molecule has 0 radical (unpaired) electrons. The number of rotatable bonds is 3. The molecular formula is C15H16ClN3O2S. The van der Waals surface area contributed by atoms with Gasteiger partial charge < -0.3 is 5.32 Å². The first-order valence-electron chi connectivity index (χ1n) is 6.55. The van der Waals surface area contributed by atoms with Gasteiger partial charge in [0.2, 0.25) is 0 Å². The molecule has 2 aromatic rings. The van der Waals surface area contributed by atoms with E-state index >= 15 is 0 Å². The van der Waals surface area contributed by atoms with Gasteiger partial charge in [-0.15, -0.1) is 16.8 Å². The van der Waals surface area contributed by atoms with Crippen LogP contribution in [0.1, 0.15) is 18.1 Å². The van der Waals surface area contributed by atoms with Crippen molar-refractivity contribution < 1.29 is 8.42 Å². The number of anilines is 2. The molecule has 22 heavy (non-hydrogen) atoms. The van der Waals surface area contributed by atoms with Crippen molar-refractivity contribution >= 4 is 39.7 Å². The van der Waals surface area contributed by atoms with Crippen molar-refractivity contribution in [2.45, 2.75) is 13.5 Å². The second kappa shape index (κ2) is 6.37. The van der Waals surface area contributed by atoms with Gasteiger partial charge in [0, 0.05) is 17.8 Å².